The molecule has 2 heteroatoms. The zero-order chi connectivity index (χ0) is 10.4. The van der Waals surface area contributed by atoms with E-state index in [1.807, 2.05) is 36.4 Å². The highest BCUT2D eigenvalue weighted by atomic mass is 79.9. The van der Waals surface area contributed by atoms with Crippen LogP contribution in [-0.2, 0) is 4.79 Å². The largest absolute Gasteiger partial charge is 0.289 e. The summed E-state index contributed by atoms with van der Waals surface area (Å²) in [4.78, 5) is 11.6. The summed E-state index contributed by atoms with van der Waals surface area (Å²) in [6, 6.07) is 6.01. The number of carbonyl (C=O) groups is 1. The fraction of sp³-hybridized carbons (Fsp3) is 0. The third kappa shape index (κ3) is 1.18. The maximum absolute atomic E-state index is 11.6. The van der Waals surface area contributed by atoms with Crippen LogP contribution in [0.5, 0.6) is 0 Å². The van der Waals surface area contributed by atoms with E-state index in [0.29, 0.717) is 0 Å². The van der Waals surface area contributed by atoms with Crippen molar-refractivity contribution in [2.24, 2.45) is 0 Å². The lowest BCUT2D eigenvalue weighted by molar-refractivity contribution is -0.110. The molecule has 0 bridgehead atoms. The van der Waals surface area contributed by atoms with Crippen molar-refractivity contribution in [2.45, 2.75) is 0 Å². The van der Waals surface area contributed by atoms with E-state index in [1.165, 1.54) is 0 Å². The van der Waals surface area contributed by atoms with Crippen molar-refractivity contribution >= 4 is 33.4 Å². The highest BCUT2D eigenvalue weighted by molar-refractivity contribution is 9.10. The first kappa shape index (κ1) is 8.86. The molecule has 1 nitrogen and oxygen atoms in total. The summed E-state index contributed by atoms with van der Waals surface area (Å²) in [6.07, 6.45) is 7.36. The quantitative estimate of drug-likeness (QED) is 0.698. The van der Waals surface area contributed by atoms with E-state index >= 15 is 0 Å². The summed E-state index contributed by atoms with van der Waals surface area (Å²) in [5.41, 5.74) is 4.08. The van der Waals surface area contributed by atoms with Gasteiger partial charge in [0.15, 0.2) is 5.78 Å². The van der Waals surface area contributed by atoms with Crippen molar-refractivity contribution < 1.29 is 4.79 Å². The van der Waals surface area contributed by atoms with Gasteiger partial charge in [-0.05, 0) is 29.4 Å². The van der Waals surface area contributed by atoms with E-state index in [4.69, 9.17) is 0 Å². The van der Waals surface area contributed by atoms with Crippen LogP contribution in [0.25, 0.3) is 11.6 Å². The number of halogens is 1. The van der Waals surface area contributed by atoms with Crippen molar-refractivity contribution in [2.75, 3.05) is 0 Å². The van der Waals surface area contributed by atoms with Gasteiger partial charge in [0.2, 0.25) is 0 Å². The fourth-order valence-corrected chi connectivity index (χ4v) is 2.61. The molecular weight excluding hydrogens is 252 g/mol. The number of hydrogen-bond acceptors (Lipinski definition) is 1. The van der Waals surface area contributed by atoms with Gasteiger partial charge in [0.05, 0.1) is 0 Å². The predicted molar refractivity (Wildman–Crippen MR) is 64.2 cm³/mol. The van der Waals surface area contributed by atoms with Crippen LogP contribution >= 0.6 is 15.9 Å². The molecule has 72 valence electrons. The normalized spacial score (nSPS) is 17.0. The summed E-state index contributed by atoms with van der Waals surface area (Å²) in [5, 5.41) is 0. The molecule has 0 atom stereocenters. The third-order valence-corrected chi connectivity index (χ3v) is 3.34. The highest BCUT2D eigenvalue weighted by Crippen LogP contribution is 2.41. The van der Waals surface area contributed by atoms with Crippen LogP contribution in [0.4, 0.5) is 0 Å². The van der Waals surface area contributed by atoms with Crippen LogP contribution in [-0.4, -0.2) is 5.78 Å². The number of benzene rings is 1. The Labute approximate surface area is 95.9 Å². The molecule has 0 aliphatic heterocycles. The Kier molecular flexibility index (Phi) is 1.80. The van der Waals surface area contributed by atoms with Crippen molar-refractivity contribution in [1.29, 1.82) is 0 Å². The molecule has 0 fully saturated rings. The first-order valence-electron chi connectivity index (χ1n) is 4.71. The van der Waals surface area contributed by atoms with Crippen LogP contribution < -0.4 is 0 Å². The zero-order valence-electron chi connectivity index (χ0n) is 7.83. The Hall–Kier alpha value is -1.41. The van der Waals surface area contributed by atoms with Gasteiger partial charge in [0.25, 0.3) is 0 Å². The van der Waals surface area contributed by atoms with Crippen molar-refractivity contribution in [3.05, 3.63) is 57.6 Å². The van der Waals surface area contributed by atoms with Gasteiger partial charge in [-0.1, -0.05) is 40.2 Å². The van der Waals surface area contributed by atoms with Crippen LogP contribution in [0.2, 0.25) is 0 Å². The smallest absolute Gasteiger partial charge is 0.186 e. The van der Waals surface area contributed by atoms with E-state index in [0.717, 1.165) is 26.7 Å². The summed E-state index contributed by atoms with van der Waals surface area (Å²) < 4.78 is 1.04. The molecule has 0 saturated heterocycles. The lowest BCUT2D eigenvalue weighted by Gasteiger charge is -2.08. The summed E-state index contributed by atoms with van der Waals surface area (Å²) in [5.74, 6) is 0.0931. The van der Waals surface area contributed by atoms with Gasteiger partial charge < -0.3 is 0 Å². The number of hydrogen-bond donors (Lipinski definition) is 0. The SMILES string of the molecule is O=C1C=CC=C2C1=Cc1cccc(Br)c12. The number of ketones is 1. The molecular formula is C13H7BrO. The Balaban J connectivity index is 2.32. The van der Waals surface area contributed by atoms with E-state index in [1.54, 1.807) is 6.08 Å². The van der Waals surface area contributed by atoms with Crippen LogP contribution in [0.15, 0.2) is 46.5 Å². The molecule has 0 N–H and O–H groups in total. The number of allylic oxidation sites excluding steroid dienone is 5. The molecule has 1 aromatic rings. The minimum atomic E-state index is 0.0931. The van der Waals surface area contributed by atoms with Crippen LogP contribution in [0, 0.1) is 0 Å². The predicted octanol–water partition coefficient (Wildman–Crippen LogP) is 3.37. The third-order valence-electron chi connectivity index (χ3n) is 2.68. The van der Waals surface area contributed by atoms with Crippen LogP contribution in [0.3, 0.4) is 0 Å². The van der Waals surface area contributed by atoms with Gasteiger partial charge in [-0.25, -0.2) is 0 Å². The summed E-state index contributed by atoms with van der Waals surface area (Å²) >= 11 is 3.52. The topological polar surface area (TPSA) is 17.1 Å². The Morgan fingerprint density at radius 2 is 2.00 bits per heavy atom. The molecule has 2 aliphatic carbocycles. The minimum Gasteiger partial charge on any atom is -0.289 e. The fourth-order valence-electron chi connectivity index (χ4n) is 2.01. The Bertz CT molecular complexity index is 562. The highest BCUT2D eigenvalue weighted by Gasteiger charge is 2.25. The molecule has 0 spiro atoms. The van der Waals surface area contributed by atoms with E-state index in [-0.39, 0.29) is 5.78 Å². The van der Waals surface area contributed by atoms with E-state index in [9.17, 15) is 4.79 Å². The van der Waals surface area contributed by atoms with Gasteiger partial charge in [-0.15, -0.1) is 0 Å². The molecule has 1 aromatic carbocycles. The average molecular weight is 259 g/mol. The van der Waals surface area contributed by atoms with Gasteiger partial charge in [-0.3, -0.25) is 4.79 Å². The Morgan fingerprint density at radius 1 is 1.13 bits per heavy atom. The summed E-state index contributed by atoms with van der Waals surface area (Å²) in [6.45, 7) is 0. The maximum Gasteiger partial charge on any atom is 0.186 e. The zero-order valence-corrected chi connectivity index (χ0v) is 9.41. The number of carbonyl (C=O) groups excluding carboxylic acids is 1. The van der Waals surface area contributed by atoms with Crippen molar-refractivity contribution in [1.82, 2.24) is 0 Å². The van der Waals surface area contributed by atoms with Gasteiger partial charge >= 0.3 is 0 Å². The van der Waals surface area contributed by atoms with Crippen LogP contribution in [0.1, 0.15) is 11.1 Å². The van der Waals surface area contributed by atoms with Gasteiger partial charge in [-0.2, -0.15) is 0 Å². The molecule has 0 amide bonds. The van der Waals surface area contributed by atoms with Gasteiger partial charge in [0.1, 0.15) is 0 Å². The lowest BCUT2D eigenvalue weighted by Crippen LogP contribution is -2.01. The molecule has 0 saturated carbocycles. The maximum atomic E-state index is 11.6. The summed E-state index contributed by atoms with van der Waals surface area (Å²) in [7, 11) is 0. The van der Waals surface area contributed by atoms with E-state index in [2.05, 4.69) is 15.9 Å². The molecule has 0 radical (unpaired) electrons. The second-order valence-corrected chi connectivity index (χ2v) is 4.42. The van der Waals surface area contributed by atoms with Gasteiger partial charge in [0, 0.05) is 15.6 Å². The first-order valence-corrected chi connectivity index (χ1v) is 5.50. The second-order valence-electron chi connectivity index (χ2n) is 3.57. The standard InChI is InChI=1S/C13H7BrO/c14-11-5-1-3-8-7-10-9(13(8)11)4-2-6-12(10)15/h1-7H. The monoisotopic (exact) mass is 258 g/mol. The molecule has 0 heterocycles. The Morgan fingerprint density at radius 3 is 2.87 bits per heavy atom. The molecule has 3 rings (SSSR count). The molecule has 2 aliphatic rings. The second kappa shape index (κ2) is 3.04. The lowest BCUT2D eigenvalue weighted by atomic mass is 9.96. The van der Waals surface area contributed by atoms with Crippen molar-refractivity contribution in [3.63, 3.8) is 0 Å². The average Bonchev–Trinajstić information content (AvgIpc) is 2.59. The number of fused-ring (bicyclic) bond motifs is 3. The van der Waals surface area contributed by atoms with E-state index < -0.39 is 0 Å². The minimum absolute atomic E-state index is 0.0931. The van der Waals surface area contributed by atoms with Crippen molar-refractivity contribution in [3.8, 4) is 0 Å². The number of rotatable bonds is 0. The molecule has 0 aromatic heterocycles. The first-order chi connectivity index (χ1) is 7.27. The molecule has 0 unspecified atom stereocenters. The molecule has 15 heavy (non-hydrogen) atoms.